The van der Waals surface area contributed by atoms with Crippen molar-refractivity contribution in [2.24, 2.45) is 5.90 Å². The van der Waals surface area contributed by atoms with Crippen molar-refractivity contribution in [3.63, 3.8) is 0 Å². The van der Waals surface area contributed by atoms with E-state index in [4.69, 9.17) is 5.21 Å². The number of hydrogen-bond acceptors (Lipinski definition) is 5. The maximum absolute atomic E-state index is 10.3. The van der Waals surface area contributed by atoms with Crippen LogP contribution in [-0.2, 0) is 9.68 Å². The highest BCUT2D eigenvalue weighted by Gasteiger charge is 2.07. The molecule has 0 aromatic carbocycles. The summed E-state index contributed by atoms with van der Waals surface area (Å²) in [6, 6.07) is 0. The molecular weight excluding hydrogens is 164 g/mol. The molecule has 0 amide bonds. The normalized spacial score (nSPS) is 7.17. The molecule has 0 rings (SSSR count). The van der Waals surface area contributed by atoms with Gasteiger partial charge in [-0.2, -0.15) is 9.68 Å². The summed E-state index contributed by atoms with van der Waals surface area (Å²) in [7, 11) is 0. The van der Waals surface area contributed by atoms with Gasteiger partial charge in [-0.25, -0.2) is 5.90 Å². The van der Waals surface area contributed by atoms with Gasteiger partial charge in [-0.05, 0) is 12.2 Å². The summed E-state index contributed by atoms with van der Waals surface area (Å²) in [4.78, 5) is 19.1. The van der Waals surface area contributed by atoms with Crippen LogP contribution in [0.2, 0.25) is 0 Å². The first kappa shape index (κ1) is 13.2. The molecule has 0 aromatic heterocycles. The molecule has 0 atom stereocenters. The van der Waals surface area contributed by atoms with E-state index in [9.17, 15) is 4.91 Å². The van der Waals surface area contributed by atoms with Crippen LogP contribution in [0.1, 0.15) is 0 Å². The SMILES string of the molecule is C=CCO[N+](=O)OCC=C.NO. The smallest absolute Gasteiger partial charge is 0.320 e. The fraction of sp³-hybridized carbons (Fsp3) is 0.333. The van der Waals surface area contributed by atoms with Gasteiger partial charge in [0.05, 0.1) is 0 Å². The van der Waals surface area contributed by atoms with Crippen LogP contribution in [0.15, 0.2) is 25.3 Å². The van der Waals surface area contributed by atoms with E-state index < -0.39 is 0 Å². The second kappa shape index (κ2) is 12.3. The van der Waals surface area contributed by atoms with Gasteiger partial charge >= 0.3 is 5.09 Å². The minimum atomic E-state index is 0.0311. The highest BCUT2D eigenvalue weighted by atomic mass is 17.0. The van der Waals surface area contributed by atoms with E-state index >= 15 is 0 Å². The van der Waals surface area contributed by atoms with Crippen molar-refractivity contribution in [3.8, 4) is 0 Å². The summed E-state index contributed by atoms with van der Waals surface area (Å²) >= 11 is 0. The molecule has 0 bridgehead atoms. The molecule has 0 aliphatic rings. The van der Waals surface area contributed by atoms with Crippen molar-refractivity contribution in [1.82, 2.24) is 0 Å². The first-order chi connectivity index (χ1) is 5.81. The van der Waals surface area contributed by atoms with Gasteiger partial charge in [0.1, 0.15) is 4.91 Å². The zero-order chi connectivity index (χ0) is 9.82. The minimum Gasteiger partial charge on any atom is -0.320 e. The van der Waals surface area contributed by atoms with Crippen molar-refractivity contribution < 1.29 is 20.0 Å². The first-order valence-electron chi connectivity index (χ1n) is 3.02. The molecule has 0 fully saturated rings. The van der Waals surface area contributed by atoms with Gasteiger partial charge in [0.25, 0.3) is 0 Å². The predicted octanol–water partition coefficient (Wildman–Crippen LogP) is 0.335. The Morgan fingerprint density at radius 3 is 1.83 bits per heavy atom. The third-order valence-electron chi connectivity index (χ3n) is 0.596. The quantitative estimate of drug-likeness (QED) is 0.451. The van der Waals surface area contributed by atoms with Gasteiger partial charge in [0.2, 0.25) is 0 Å². The summed E-state index contributed by atoms with van der Waals surface area (Å²) < 4.78 is 0. The summed E-state index contributed by atoms with van der Waals surface area (Å²) in [5.74, 6) is 3.50. The molecular formula is C6H13N2O4+. The Morgan fingerprint density at radius 1 is 1.25 bits per heavy atom. The average molecular weight is 177 g/mol. The molecule has 0 aliphatic heterocycles. The summed E-state index contributed by atoms with van der Waals surface area (Å²) in [6.45, 7) is 6.97. The van der Waals surface area contributed by atoms with Crippen molar-refractivity contribution in [3.05, 3.63) is 30.2 Å². The molecule has 3 N–H and O–H groups in total. The van der Waals surface area contributed by atoms with E-state index in [1.807, 2.05) is 0 Å². The lowest BCUT2D eigenvalue weighted by Crippen LogP contribution is -2.10. The number of nitrogens with zero attached hydrogens (tertiary/aromatic N) is 1. The molecule has 0 saturated heterocycles. The third-order valence-corrected chi connectivity index (χ3v) is 0.596. The second-order valence-electron chi connectivity index (χ2n) is 1.39. The summed E-state index contributed by atoms with van der Waals surface area (Å²) in [5.41, 5.74) is 0. The third kappa shape index (κ3) is 11.4. The highest BCUT2D eigenvalue weighted by Crippen LogP contribution is 1.81. The molecule has 0 unspecified atom stereocenters. The lowest BCUT2D eigenvalue weighted by molar-refractivity contribution is -0.978. The Morgan fingerprint density at radius 2 is 1.58 bits per heavy atom. The Kier molecular flexibility index (Phi) is 13.5. The monoisotopic (exact) mass is 177 g/mol. The van der Waals surface area contributed by atoms with E-state index in [-0.39, 0.29) is 18.3 Å². The van der Waals surface area contributed by atoms with Crippen molar-refractivity contribution >= 4 is 0 Å². The molecule has 0 aliphatic carbocycles. The Hall–Kier alpha value is -1.40. The van der Waals surface area contributed by atoms with Gasteiger partial charge in [-0.15, -0.1) is 0 Å². The zero-order valence-corrected chi connectivity index (χ0v) is 6.68. The zero-order valence-electron chi connectivity index (χ0n) is 6.68. The van der Waals surface area contributed by atoms with Crippen LogP contribution in [-0.4, -0.2) is 23.5 Å². The van der Waals surface area contributed by atoms with Gasteiger partial charge < -0.3 is 5.21 Å². The minimum absolute atomic E-state index is 0.0311. The van der Waals surface area contributed by atoms with Crippen molar-refractivity contribution in [1.29, 1.82) is 0 Å². The fourth-order valence-corrected chi connectivity index (χ4v) is 0.264. The van der Waals surface area contributed by atoms with Crippen LogP contribution in [0, 0.1) is 4.91 Å². The maximum atomic E-state index is 10.3. The van der Waals surface area contributed by atoms with Gasteiger partial charge in [-0.3, -0.25) is 0 Å². The molecule has 0 aromatic rings. The van der Waals surface area contributed by atoms with Crippen LogP contribution in [0.3, 0.4) is 0 Å². The van der Waals surface area contributed by atoms with Crippen LogP contribution < -0.4 is 5.90 Å². The largest absolute Gasteiger partial charge is 0.478 e. The molecule has 0 radical (unpaired) electrons. The summed E-state index contributed by atoms with van der Waals surface area (Å²) in [6.07, 6.45) is 2.89. The fourth-order valence-electron chi connectivity index (χ4n) is 0.264. The molecule has 0 saturated carbocycles. The molecule has 0 heterocycles. The molecule has 6 nitrogen and oxygen atoms in total. The number of nitrogens with two attached hydrogens (primary N) is 1. The Balaban J connectivity index is 0. The molecule has 12 heavy (non-hydrogen) atoms. The highest BCUT2D eigenvalue weighted by molar-refractivity contribution is 4.62. The predicted molar refractivity (Wildman–Crippen MR) is 41.9 cm³/mol. The first-order valence-corrected chi connectivity index (χ1v) is 3.02. The standard InChI is InChI=1S/C6H10NO3.H3NO/c1-3-5-9-7(8)10-6-4-2;1-2/h3-4H,1-2,5-6H2;2H,1H2/q+1;. The second-order valence-corrected chi connectivity index (χ2v) is 1.39. The van der Waals surface area contributed by atoms with Crippen LogP contribution in [0.4, 0.5) is 0 Å². The topological polar surface area (TPSA) is 84.8 Å². The molecule has 0 spiro atoms. The van der Waals surface area contributed by atoms with E-state index in [0.717, 1.165) is 0 Å². The van der Waals surface area contributed by atoms with Crippen LogP contribution in [0.5, 0.6) is 0 Å². The van der Waals surface area contributed by atoms with Crippen molar-refractivity contribution in [2.75, 3.05) is 13.2 Å². The van der Waals surface area contributed by atoms with Gasteiger partial charge in [-0.1, -0.05) is 13.2 Å². The lowest BCUT2D eigenvalue weighted by atomic mass is 10.7. The van der Waals surface area contributed by atoms with Gasteiger partial charge in [0.15, 0.2) is 13.2 Å². The maximum Gasteiger partial charge on any atom is 0.478 e. The molecule has 70 valence electrons. The van der Waals surface area contributed by atoms with Gasteiger partial charge in [0, 0.05) is 0 Å². The lowest BCUT2D eigenvalue weighted by Gasteiger charge is -1.86. The Bertz CT molecular complexity index is 124. The van der Waals surface area contributed by atoms with Crippen LogP contribution in [0.25, 0.3) is 0 Å². The summed E-state index contributed by atoms with van der Waals surface area (Å²) in [5, 5.41) is 6.53. The van der Waals surface area contributed by atoms with Crippen LogP contribution >= 0.6 is 0 Å². The Labute approximate surface area is 70.3 Å². The molecule has 6 heteroatoms. The van der Waals surface area contributed by atoms with E-state index in [0.29, 0.717) is 0 Å². The number of hydrogen-bond donors (Lipinski definition) is 2. The van der Waals surface area contributed by atoms with E-state index in [1.165, 1.54) is 12.2 Å². The van der Waals surface area contributed by atoms with E-state index in [1.54, 1.807) is 0 Å². The van der Waals surface area contributed by atoms with Crippen molar-refractivity contribution in [2.45, 2.75) is 0 Å². The van der Waals surface area contributed by atoms with E-state index in [2.05, 4.69) is 28.7 Å². The average Bonchev–Trinajstić information content (AvgIpc) is 2.14. The number of rotatable bonds is 6.